The molecule has 0 amide bonds. The predicted molar refractivity (Wildman–Crippen MR) is 118 cm³/mol. The Morgan fingerprint density at radius 1 is 1.17 bits per heavy atom. The summed E-state index contributed by atoms with van der Waals surface area (Å²) in [7, 11) is 1.60. The summed E-state index contributed by atoms with van der Waals surface area (Å²) in [6.07, 6.45) is 3.52. The van der Waals surface area contributed by atoms with E-state index in [9.17, 15) is 9.59 Å². The van der Waals surface area contributed by atoms with E-state index in [0.717, 1.165) is 16.7 Å². The molecule has 5 heteroatoms. The van der Waals surface area contributed by atoms with Crippen molar-refractivity contribution in [2.45, 2.75) is 61.0 Å². The highest BCUT2D eigenvalue weighted by molar-refractivity contribution is 7.12. The molecule has 0 saturated heterocycles. The van der Waals surface area contributed by atoms with Gasteiger partial charge in [0.25, 0.3) is 0 Å². The van der Waals surface area contributed by atoms with Gasteiger partial charge in [-0.2, -0.15) is 0 Å². The highest BCUT2D eigenvalue weighted by Crippen LogP contribution is 2.48. The van der Waals surface area contributed by atoms with Crippen molar-refractivity contribution >= 4 is 23.1 Å². The van der Waals surface area contributed by atoms with Crippen LogP contribution in [-0.4, -0.2) is 24.5 Å². The van der Waals surface area contributed by atoms with Crippen molar-refractivity contribution in [2.75, 3.05) is 7.11 Å². The van der Waals surface area contributed by atoms with Crippen molar-refractivity contribution in [2.24, 2.45) is 11.3 Å². The lowest BCUT2D eigenvalue weighted by atomic mass is 9.66. The maximum absolute atomic E-state index is 12.9. The minimum absolute atomic E-state index is 0.0217. The SMILES string of the molecule is COC1=C(C)C(C(=O)OC(C)(C)C)=C(C)C(C)(C)C1C=CC(=O)c1cc(C)cs1. The van der Waals surface area contributed by atoms with Gasteiger partial charge in [0, 0.05) is 11.5 Å². The largest absolute Gasteiger partial charge is 0.500 e. The molecule has 1 aromatic heterocycles. The van der Waals surface area contributed by atoms with E-state index in [1.54, 1.807) is 13.2 Å². The van der Waals surface area contributed by atoms with Crippen molar-refractivity contribution in [3.05, 3.63) is 56.5 Å². The summed E-state index contributed by atoms with van der Waals surface area (Å²) >= 11 is 1.45. The Morgan fingerprint density at radius 2 is 1.79 bits per heavy atom. The zero-order chi connectivity index (χ0) is 22.1. The first-order valence-electron chi connectivity index (χ1n) is 9.77. The fourth-order valence-electron chi connectivity index (χ4n) is 3.59. The predicted octanol–water partition coefficient (Wildman–Crippen LogP) is 6.03. The van der Waals surface area contributed by atoms with Gasteiger partial charge < -0.3 is 9.47 Å². The van der Waals surface area contributed by atoms with Crippen molar-refractivity contribution < 1.29 is 19.1 Å². The summed E-state index contributed by atoms with van der Waals surface area (Å²) in [5, 5.41) is 1.97. The molecule has 0 bridgehead atoms. The number of hydrogen-bond donors (Lipinski definition) is 0. The quantitative estimate of drug-likeness (QED) is 0.334. The third-order valence-electron chi connectivity index (χ3n) is 5.38. The molecule has 0 spiro atoms. The molecule has 0 aliphatic heterocycles. The summed E-state index contributed by atoms with van der Waals surface area (Å²) < 4.78 is 11.4. The van der Waals surface area contributed by atoms with E-state index in [4.69, 9.17) is 9.47 Å². The van der Waals surface area contributed by atoms with Crippen LogP contribution in [0.15, 0.2) is 46.1 Å². The number of hydrogen-bond acceptors (Lipinski definition) is 5. The normalized spacial score (nSPS) is 19.7. The van der Waals surface area contributed by atoms with E-state index in [1.807, 2.05) is 59.1 Å². The maximum Gasteiger partial charge on any atom is 0.339 e. The van der Waals surface area contributed by atoms with E-state index in [-0.39, 0.29) is 17.7 Å². The molecular weight excluding hydrogens is 384 g/mol. The molecule has 0 saturated carbocycles. The van der Waals surface area contributed by atoms with Crippen molar-refractivity contribution in [1.29, 1.82) is 0 Å². The second-order valence-corrected chi connectivity index (χ2v) is 10.0. The van der Waals surface area contributed by atoms with Crippen LogP contribution < -0.4 is 0 Å². The summed E-state index contributed by atoms with van der Waals surface area (Å²) in [6, 6.07) is 1.90. The van der Waals surface area contributed by atoms with Gasteiger partial charge in [0.1, 0.15) is 11.4 Å². The van der Waals surface area contributed by atoms with Gasteiger partial charge in [0.15, 0.2) is 5.78 Å². The molecule has 1 unspecified atom stereocenters. The molecule has 1 heterocycles. The minimum Gasteiger partial charge on any atom is -0.500 e. The summed E-state index contributed by atoms with van der Waals surface area (Å²) in [5.41, 5.74) is 2.33. The molecule has 1 aromatic rings. The van der Waals surface area contributed by atoms with Crippen molar-refractivity contribution in [3.63, 3.8) is 0 Å². The van der Waals surface area contributed by atoms with Crippen LogP contribution in [0.3, 0.4) is 0 Å². The van der Waals surface area contributed by atoms with E-state index in [1.165, 1.54) is 11.3 Å². The smallest absolute Gasteiger partial charge is 0.339 e. The monoisotopic (exact) mass is 416 g/mol. The highest BCUT2D eigenvalue weighted by atomic mass is 32.1. The van der Waals surface area contributed by atoms with Gasteiger partial charge in [0.05, 0.1) is 17.6 Å². The van der Waals surface area contributed by atoms with Crippen LogP contribution in [0, 0.1) is 18.3 Å². The molecule has 1 aliphatic rings. The van der Waals surface area contributed by atoms with Gasteiger partial charge in [0.2, 0.25) is 0 Å². The van der Waals surface area contributed by atoms with E-state index >= 15 is 0 Å². The van der Waals surface area contributed by atoms with Gasteiger partial charge in [-0.1, -0.05) is 25.5 Å². The summed E-state index contributed by atoms with van der Waals surface area (Å²) in [5.74, 6) is 0.158. The second kappa shape index (κ2) is 8.31. The first-order valence-corrected chi connectivity index (χ1v) is 10.6. The molecule has 0 aromatic carbocycles. The Kier molecular flexibility index (Phi) is 6.63. The number of thiophene rings is 1. The van der Waals surface area contributed by atoms with Gasteiger partial charge in [-0.15, -0.1) is 11.3 Å². The zero-order valence-electron chi connectivity index (χ0n) is 18.9. The minimum atomic E-state index is -0.579. The standard InChI is InChI=1S/C24H32O4S/c1-14-12-19(29-13-14)18(25)11-10-17-21(27-9)15(2)20(16(3)24(17,7)8)22(26)28-23(4,5)6/h10-13,17H,1-9H3. The van der Waals surface area contributed by atoms with Crippen LogP contribution in [0.2, 0.25) is 0 Å². The third kappa shape index (κ3) is 4.89. The maximum atomic E-state index is 12.9. The Labute approximate surface area is 178 Å². The van der Waals surface area contributed by atoms with E-state index in [2.05, 4.69) is 13.8 Å². The molecule has 0 radical (unpaired) electrons. The molecule has 1 aliphatic carbocycles. The van der Waals surface area contributed by atoms with Gasteiger partial charge in [-0.05, 0) is 70.0 Å². The molecule has 29 heavy (non-hydrogen) atoms. The molecular formula is C24H32O4S. The number of methoxy groups -OCH3 is 1. The van der Waals surface area contributed by atoms with Gasteiger partial charge in [-0.25, -0.2) is 4.79 Å². The number of carbonyl (C=O) groups is 2. The van der Waals surface area contributed by atoms with Crippen LogP contribution >= 0.6 is 11.3 Å². The summed E-state index contributed by atoms with van der Waals surface area (Å²) in [6.45, 7) is 15.5. The lowest BCUT2D eigenvalue weighted by Crippen LogP contribution is -2.35. The van der Waals surface area contributed by atoms with Crippen molar-refractivity contribution in [1.82, 2.24) is 0 Å². The van der Waals surface area contributed by atoms with Crippen LogP contribution in [-0.2, 0) is 14.3 Å². The third-order valence-corrected chi connectivity index (χ3v) is 6.45. The Hall–Kier alpha value is -2.14. The Bertz CT molecular complexity index is 904. The number of allylic oxidation sites excluding steroid dienone is 3. The van der Waals surface area contributed by atoms with Crippen LogP contribution in [0.1, 0.15) is 63.7 Å². The number of ketones is 1. The Morgan fingerprint density at radius 3 is 2.28 bits per heavy atom. The van der Waals surface area contributed by atoms with Gasteiger partial charge >= 0.3 is 5.97 Å². The van der Waals surface area contributed by atoms with Crippen LogP contribution in [0.5, 0.6) is 0 Å². The fourth-order valence-corrected chi connectivity index (χ4v) is 4.41. The lowest BCUT2D eigenvalue weighted by molar-refractivity contribution is -0.149. The highest BCUT2D eigenvalue weighted by Gasteiger charge is 2.42. The molecule has 0 fully saturated rings. The topological polar surface area (TPSA) is 52.6 Å². The zero-order valence-corrected chi connectivity index (χ0v) is 19.7. The van der Waals surface area contributed by atoms with Crippen LogP contribution in [0.4, 0.5) is 0 Å². The van der Waals surface area contributed by atoms with Crippen LogP contribution in [0.25, 0.3) is 0 Å². The molecule has 1 atom stereocenters. The molecule has 0 N–H and O–H groups in total. The van der Waals surface area contributed by atoms with E-state index < -0.39 is 11.0 Å². The lowest BCUT2D eigenvalue weighted by Gasteiger charge is -2.40. The first kappa shape index (κ1) is 23.1. The first-order chi connectivity index (χ1) is 13.3. The Balaban J connectivity index is 2.45. The number of carbonyl (C=O) groups excluding carboxylic acids is 2. The van der Waals surface area contributed by atoms with E-state index in [0.29, 0.717) is 16.2 Å². The molecule has 4 nitrogen and oxygen atoms in total. The second-order valence-electron chi connectivity index (χ2n) is 9.11. The number of aryl methyl sites for hydroxylation is 1. The number of ether oxygens (including phenoxy) is 2. The van der Waals surface area contributed by atoms with Gasteiger partial charge in [-0.3, -0.25) is 4.79 Å². The molecule has 2 rings (SSSR count). The average Bonchev–Trinajstić information content (AvgIpc) is 3.02. The fraction of sp³-hybridized carbons (Fsp3) is 0.500. The average molecular weight is 417 g/mol. The number of rotatable bonds is 5. The molecule has 158 valence electrons. The van der Waals surface area contributed by atoms with Crippen molar-refractivity contribution in [3.8, 4) is 0 Å². The summed E-state index contributed by atoms with van der Waals surface area (Å²) in [4.78, 5) is 26.2. The number of esters is 1.